The average molecular weight is 410 g/mol. The van der Waals surface area contributed by atoms with E-state index < -0.39 is 30.5 Å². The molecule has 0 aliphatic carbocycles. The Morgan fingerprint density at radius 1 is 1.04 bits per heavy atom. The minimum atomic E-state index is -0.899. The second-order valence-electron chi connectivity index (χ2n) is 5.57. The largest absolute Gasteiger partial charge is 0.467 e. The summed E-state index contributed by atoms with van der Waals surface area (Å²) in [4.78, 5) is 36.0. The normalized spacial score (nSPS) is 11.4. The van der Waals surface area contributed by atoms with Gasteiger partial charge in [0.05, 0.1) is 12.7 Å². The Morgan fingerprint density at radius 3 is 2.26 bits per heavy atom. The molecule has 0 heterocycles. The van der Waals surface area contributed by atoms with Crippen molar-refractivity contribution in [3.05, 3.63) is 69.7 Å². The molecule has 142 valence electrons. The lowest BCUT2D eigenvalue weighted by atomic mass is 10.1. The molecule has 2 rings (SSSR count). The molecule has 1 N–H and O–H groups in total. The van der Waals surface area contributed by atoms with Gasteiger partial charge in [-0.3, -0.25) is 4.79 Å². The van der Waals surface area contributed by atoms with Gasteiger partial charge in [0, 0.05) is 16.5 Å². The molecule has 0 fully saturated rings. The van der Waals surface area contributed by atoms with Crippen LogP contribution in [0.5, 0.6) is 0 Å². The van der Waals surface area contributed by atoms with Crippen molar-refractivity contribution in [2.45, 2.75) is 12.5 Å². The van der Waals surface area contributed by atoms with Crippen LogP contribution in [-0.2, 0) is 25.5 Å². The Morgan fingerprint density at radius 2 is 1.67 bits per heavy atom. The van der Waals surface area contributed by atoms with Crippen LogP contribution in [0.25, 0.3) is 0 Å². The van der Waals surface area contributed by atoms with Gasteiger partial charge < -0.3 is 14.8 Å². The summed E-state index contributed by atoms with van der Waals surface area (Å²) in [5.74, 6) is -1.99. The first-order valence-electron chi connectivity index (χ1n) is 7.93. The van der Waals surface area contributed by atoms with Crippen LogP contribution in [-0.4, -0.2) is 37.6 Å². The number of carbonyl (C=O) groups is 3. The summed E-state index contributed by atoms with van der Waals surface area (Å²) in [6, 6.07) is 12.5. The minimum absolute atomic E-state index is 0.120. The van der Waals surface area contributed by atoms with Crippen molar-refractivity contribution in [1.29, 1.82) is 0 Å². The van der Waals surface area contributed by atoms with Crippen molar-refractivity contribution in [3.8, 4) is 0 Å². The first-order valence-corrected chi connectivity index (χ1v) is 8.69. The summed E-state index contributed by atoms with van der Waals surface area (Å²) in [7, 11) is 1.23. The molecule has 0 aromatic heterocycles. The van der Waals surface area contributed by atoms with Gasteiger partial charge in [-0.2, -0.15) is 0 Å². The van der Waals surface area contributed by atoms with E-state index in [-0.39, 0.29) is 22.0 Å². The van der Waals surface area contributed by atoms with Crippen LogP contribution in [0.15, 0.2) is 48.5 Å². The van der Waals surface area contributed by atoms with Gasteiger partial charge in [-0.15, -0.1) is 0 Å². The van der Waals surface area contributed by atoms with E-state index in [1.165, 1.54) is 25.3 Å². The summed E-state index contributed by atoms with van der Waals surface area (Å²) in [6.45, 7) is -0.564. The lowest BCUT2D eigenvalue weighted by Crippen LogP contribution is -2.44. The number of hydrogen-bond acceptors (Lipinski definition) is 5. The first-order chi connectivity index (χ1) is 12.9. The number of ether oxygens (including phenoxy) is 2. The fraction of sp³-hybridized carbons (Fsp3) is 0.211. The van der Waals surface area contributed by atoms with Gasteiger partial charge in [-0.05, 0) is 23.8 Å². The summed E-state index contributed by atoms with van der Waals surface area (Å²) in [5.41, 5.74) is 0.966. The zero-order chi connectivity index (χ0) is 19.8. The zero-order valence-corrected chi connectivity index (χ0v) is 15.9. The van der Waals surface area contributed by atoms with E-state index in [4.69, 9.17) is 32.7 Å². The molecule has 2 aromatic rings. The maximum absolute atomic E-state index is 12.1. The molecule has 1 amide bonds. The van der Waals surface area contributed by atoms with Crippen LogP contribution in [0, 0.1) is 0 Å². The van der Waals surface area contributed by atoms with Crippen LogP contribution in [0.2, 0.25) is 10.0 Å². The van der Waals surface area contributed by atoms with E-state index in [9.17, 15) is 14.4 Å². The van der Waals surface area contributed by atoms with Crippen LogP contribution in [0.1, 0.15) is 15.9 Å². The summed E-state index contributed by atoms with van der Waals surface area (Å²) < 4.78 is 9.66. The van der Waals surface area contributed by atoms with Crippen LogP contribution in [0.4, 0.5) is 0 Å². The molecular weight excluding hydrogens is 393 g/mol. The van der Waals surface area contributed by atoms with Gasteiger partial charge in [0.2, 0.25) is 0 Å². The number of amides is 1. The van der Waals surface area contributed by atoms with Gasteiger partial charge in [0.15, 0.2) is 6.61 Å². The number of benzene rings is 2. The molecule has 1 atom stereocenters. The topological polar surface area (TPSA) is 81.7 Å². The molecule has 0 bridgehead atoms. The molecule has 2 aromatic carbocycles. The number of methoxy groups -OCH3 is 1. The van der Waals surface area contributed by atoms with Crippen molar-refractivity contribution >= 4 is 41.0 Å². The molecule has 0 aliphatic heterocycles. The van der Waals surface area contributed by atoms with E-state index in [1.54, 1.807) is 0 Å². The molecule has 0 unspecified atom stereocenters. The molecule has 27 heavy (non-hydrogen) atoms. The maximum Gasteiger partial charge on any atom is 0.338 e. The zero-order valence-electron chi connectivity index (χ0n) is 14.4. The van der Waals surface area contributed by atoms with Crippen LogP contribution in [0.3, 0.4) is 0 Å². The van der Waals surface area contributed by atoms with Crippen molar-refractivity contribution in [2.75, 3.05) is 13.7 Å². The molecule has 6 nitrogen and oxygen atoms in total. The van der Waals surface area contributed by atoms with Gasteiger partial charge in [0.1, 0.15) is 6.04 Å². The SMILES string of the molecule is COC(=O)[C@@H](Cc1ccccc1)NC(=O)COC(=O)c1cc(Cl)cc(Cl)c1. The number of halogens is 2. The Balaban J connectivity index is 1.94. The van der Waals surface area contributed by atoms with Crippen molar-refractivity contribution < 1.29 is 23.9 Å². The fourth-order valence-corrected chi connectivity index (χ4v) is 2.83. The smallest absolute Gasteiger partial charge is 0.338 e. The molecule has 0 radical (unpaired) electrons. The molecule has 0 saturated heterocycles. The molecule has 0 aliphatic rings. The number of nitrogens with one attached hydrogen (secondary N) is 1. The van der Waals surface area contributed by atoms with Crippen molar-refractivity contribution in [3.63, 3.8) is 0 Å². The predicted molar refractivity (Wildman–Crippen MR) is 101 cm³/mol. The Kier molecular flexibility index (Phi) is 7.64. The van der Waals surface area contributed by atoms with Crippen molar-refractivity contribution in [1.82, 2.24) is 5.32 Å². The maximum atomic E-state index is 12.1. The summed E-state index contributed by atoms with van der Waals surface area (Å²) in [6.07, 6.45) is 0.247. The standard InChI is InChI=1S/C19H17Cl2NO5/c1-26-19(25)16(7-12-5-3-2-4-6-12)22-17(23)11-27-18(24)13-8-14(20)10-15(21)9-13/h2-6,8-10,16H,7,11H2,1H3,(H,22,23)/t16-/m1/s1. The van der Waals surface area contributed by atoms with E-state index in [2.05, 4.69) is 5.32 Å². The van der Waals surface area contributed by atoms with Crippen LogP contribution >= 0.6 is 23.2 Å². The molecule has 8 heteroatoms. The highest BCUT2D eigenvalue weighted by Crippen LogP contribution is 2.19. The minimum Gasteiger partial charge on any atom is -0.467 e. The summed E-state index contributed by atoms with van der Waals surface area (Å²) in [5, 5.41) is 3.04. The third-order valence-electron chi connectivity index (χ3n) is 3.54. The monoisotopic (exact) mass is 409 g/mol. The second kappa shape index (κ2) is 9.94. The predicted octanol–water partition coefficient (Wildman–Crippen LogP) is 3.05. The second-order valence-corrected chi connectivity index (χ2v) is 6.44. The highest BCUT2D eigenvalue weighted by Gasteiger charge is 2.22. The van der Waals surface area contributed by atoms with E-state index in [1.807, 2.05) is 30.3 Å². The third kappa shape index (κ3) is 6.58. The number of esters is 2. The van der Waals surface area contributed by atoms with E-state index >= 15 is 0 Å². The molecule has 0 saturated carbocycles. The Labute approximate surface area is 166 Å². The number of carbonyl (C=O) groups excluding carboxylic acids is 3. The van der Waals surface area contributed by atoms with E-state index in [0.29, 0.717) is 0 Å². The summed E-state index contributed by atoms with van der Waals surface area (Å²) >= 11 is 11.7. The molecule has 0 spiro atoms. The van der Waals surface area contributed by atoms with Gasteiger partial charge in [0.25, 0.3) is 5.91 Å². The lowest BCUT2D eigenvalue weighted by Gasteiger charge is -2.16. The van der Waals surface area contributed by atoms with Gasteiger partial charge >= 0.3 is 11.9 Å². The molecular formula is C19H17Cl2NO5. The van der Waals surface area contributed by atoms with Crippen molar-refractivity contribution in [2.24, 2.45) is 0 Å². The Bertz CT molecular complexity index is 806. The highest BCUT2D eigenvalue weighted by atomic mass is 35.5. The third-order valence-corrected chi connectivity index (χ3v) is 3.97. The Hall–Kier alpha value is -2.57. The van der Waals surface area contributed by atoms with Gasteiger partial charge in [-0.1, -0.05) is 53.5 Å². The number of hydrogen-bond donors (Lipinski definition) is 1. The highest BCUT2D eigenvalue weighted by molar-refractivity contribution is 6.35. The first kappa shape index (κ1) is 20.7. The van der Waals surface area contributed by atoms with Gasteiger partial charge in [-0.25, -0.2) is 9.59 Å². The number of rotatable bonds is 7. The fourth-order valence-electron chi connectivity index (χ4n) is 2.31. The lowest BCUT2D eigenvalue weighted by molar-refractivity contribution is -0.145. The average Bonchev–Trinajstić information content (AvgIpc) is 2.65. The quantitative estimate of drug-likeness (QED) is 0.710. The van der Waals surface area contributed by atoms with E-state index in [0.717, 1.165) is 5.56 Å². The van der Waals surface area contributed by atoms with Crippen LogP contribution < -0.4 is 5.32 Å².